The monoisotopic (exact) mass is 348 g/mol. The first-order valence-corrected chi connectivity index (χ1v) is 7.47. The second-order valence-corrected chi connectivity index (χ2v) is 5.64. The molecule has 1 unspecified atom stereocenters. The molecular formula is C16H16ClF3O3. The van der Waals surface area contributed by atoms with E-state index in [1.807, 2.05) is 0 Å². The van der Waals surface area contributed by atoms with Crippen molar-refractivity contribution in [2.45, 2.75) is 25.6 Å². The van der Waals surface area contributed by atoms with Crippen LogP contribution in [0.25, 0.3) is 5.57 Å². The summed E-state index contributed by atoms with van der Waals surface area (Å²) >= 11 is 6.18. The van der Waals surface area contributed by atoms with Gasteiger partial charge in [0, 0.05) is 5.92 Å². The fraction of sp³-hybridized carbons (Fsp3) is 0.438. The summed E-state index contributed by atoms with van der Waals surface area (Å²) in [4.78, 5) is 12.1. The Morgan fingerprint density at radius 3 is 2.65 bits per heavy atom. The van der Waals surface area contributed by atoms with Crippen LogP contribution >= 0.6 is 11.6 Å². The van der Waals surface area contributed by atoms with Gasteiger partial charge in [0.2, 0.25) is 0 Å². The number of halogens is 4. The Morgan fingerprint density at radius 1 is 1.35 bits per heavy atom. The molecule has 1 aliphatic carbocycles. The Morgan fingerprint density at radius 2 is 2.09 bits per heavy atom. The molecule has 7 heteroatoms. The number of carbonyl (C=O) groups is 1. The molecule has 0 aliphatic heterocycles. The normalized spacial score (nSPS) is 18.7. The molecule has 1 aromatic rings. The van der Waals surface area contributed by atoms with E-state index in [1.165, 1.54) is 13.2 Å². The molecule has 0 saturated heterocycles. The Balaban J connectivity index is 2.02. The summed E-state index contributed by atoms with van der Waals surface area (Å²) in [5.74, 6) is -0.0225. The number of carbonyl (C=O) groups excluding carboxylic acids is 1. The molecular weight excluding hydrogens is 333 g/mol. The van der Waals surface area contributed by atoms with Gasteiger partial charge in [0.25, 0.3) is 0 Å². The first kappa shape index (κ1) is 17.8. The van der Waals surface area contributed by atoms with Crippen molar-refractivity contribution in [2.75, 3.05) is 13.7 Å². The first-order chi connectivity index (χ1) is 10.8. The summed E-state index contributed by atoms with van der Waals surface area (Å²) in [6.45, 7) is -0.508. The molecule has 0 aromatic heterocycles. The molecule has 3 nitrogen and oxygen atoms in total. The van der Waals surface area contributed by atoms with E-state index in [1.54, 1.807) is 18.2 Å². The van der Waals surface area contributed by atoms with Gasteiger partial charge in [-0.25, -0.2) is 0 Å². The molecule has 23 heavy (non-hydrogen) atoms. The molecule has 1 atom stereocenters. The van der Waals surface area contributed by atoms with E-state index in [-0.39, 0.29) is 12.2 Å². The fourth-order valence-corrected chi connectivity index (χ4v) is 2.82. The van der Waals surface area contributed by atoms with Crippen LogP contribution < -0.4 is 4.74 Å². The molecule has 0 N–H and O–H groups in total. The largest absolute Gasteiger partial charge is 0.522 e. The summed E-state index contributed by atoms with van der Waals surface area (Å²) in [6.07, 6.45) is -2.08. The SMILES string of the molecule is COc1ccc(C2=CC(=O)C(CCOC(F)(F)F)CC2)c(Cl)c1. The third-order valence-electron chi connectivity index (χ3n) is 3.74. The molecule has 2 rings (SSSR count). The van der Waals surface area contributed by atoms with E-state index in [0.29, 0.717) is 23.6 Å². The number of ether oxygens (including phenoxy) is 2. The molecule has 1 aliphatic rings. The lowest BCUT2D eigenvalue weighted by atomic mass is 9.84. The summed E-state index contributed by atoms with van der Waals surface area (Å²) in [7, 11) is 1.53. The number of rotatable bonds is 5. The third-order valence-corrected chi connectivity index (χ3v) is 4.05. The number of allylic oxidation sites excluding steroid dienone is 2. The summed E-state index contributed by atoms with van der Waals surface area (Å²) in [6, 6.07) is 5.18. The molecule has 0 fully saturated rings. The standard InChI is InChI=1S/C16H16ClF3O3/c1-22-12-4-5-13(14(17)9-12)11-3-2-10(15(21)8-11)6-7-23-16(18,19)20/h4-5,8-10H,2-3,6-7H2,1H3. The van der Waals surface area contributed by atoms with Crippen molar-refractivity contribution in [3.05, 3.63) is 34.9 Å². The Hall–Kier alpha value is -1.53. The molecule has 126 valence electrons. The first-order valence-electron chi connectivity index (χ1n) is 7.09. The van der Waals surface area contributed by atoms with Crippen molar-refractivity contribution >= 4 is 23.0 Å². The van der Waals surface area contributed by atoms with Gasteiger partial charge in [0.1, 0.15) is 5.75 Å². The van der Waals surface area contributed by atoms with Gasteiger partial charge in [-0.1, -0.05) is 11.6 Å². The maximum Gasteiger partial charge on any atom is 0.522 e. The van der Waals surface area contributed by atoms with Gasteiger partial charge in [0.15, 0.2) is 5.78 Å². The Bertz CT molecular complexity index is 611. The van der Waals surface area contributed by atoms with Crippen molar-refractivity contribution in [1.29, 1.82) is 0 Å². The van der Waals surface area contributed by atoms with Crippen LogP contribution in [0.1, 0.15) is 24.8 Å². The van der Waals surface area contributed by atoms with E-state index in [0.717, 1.165) is 11.1 Å². The van der Waals surface area contributed by atoms with E-state index in [2.05, 4.69) is 4.74 Å². The number of benzene rings is 1. The molecule has 0 heterocycles. The smallest absolute Gasteiger partial charge is 0.497 e. The highest BCUT2D eigenvalue weighted by atomic mass is 35.5. The van der Waals surface area contributed by atoms with Gasteiger partial charge in [-0.05, 0) is 54.7 Å². The van der Waals surface area contributed by atoms with Gasteiger partial charge in [-0.3, -0.25) is 9.53 Å². The maximum absolute atomic E-state index is 12.1. The minimum Gasteiger partial charge on any atom is -0.497 e. The average Bonchev–Trinajstić information content (AvgIpc) is 2.47. The van der Waals surface area contributed by atoms with Gasteiger partial charge in [-0.15, -0.1) is 13.2 Å². The number of alkyl halides is 3. The molecule has 0 amide bonds. The molecule has 1 aromatic carbocycles. The van der Waals surface area contributed by atoms with Crippen LogP contribution in [0.3, 0.4) is 0 Å². The highest BCUT2D eigenvalue weighted by Gasteiger charge is 2.30. The number of hydrogen-bond donors (Lipinski definition) is 0. The van der Waals surface area contributed by atoms with E-state index < -0.39 is 18.9 Å². The fourth-order valence-electron chi connectivity index (χ4n) is 2.53. The van der Waals surface area contributed by atoms with Crippen molar-refractivity contribution in [3.63, 3.8) is 0 Å². The van der Waals surface area contributed by atoms with E-state index in [9.17, 15) is 18.0 Å². The van der Waals surface area contributed by atoms with Crippen molar-refractivity contribution < 1.29 is 27.4 Å². The van der Waals surface area contributed by atoms with E-state index >= 15 is 0 Å². The lowest BCUT2D eigenvalue weighted by Crippen LogP contribution is -2.22. The highest BCUT2D eigenvalue weighted by molar-refractivity contribution is 6.32. The minimum atomic E-state index is -4.66. The molecule has 0 spiro atoms. The lowest BCUT2D eigenvalue weighted by Gasteiger charge is -2.22. The second kappa shape index (κ2) is 7.36. The minimum absolute atomic E-state index is 0.0540. The second-order valence-electron chi connectivity index (χ2n) is 5.24. The van der Waals surface area contributed by atoms with Crippen LogP contribution in [0, 0.1) is 5.92 Å². The Kier molecular flexibility index (Phi) is 5.70. The zero-order valence-electron chi connectivity index (χ0n) is 12.5. The summed E-state index contributed by atoms with van der Waals surface area (Å²) in [5.41, 5.74) is 1.53. The summed E-state index contributed by atoms with van der Waals surface area (Å²) in [5, 5.41) is 0.474. The van der Waals surface area contributed by atoms with Crippen LogP contribution in [0.15, 0.2) is 24.3 Å². The Labute approximate surface area is 137 Å². The predicted octanol–water partition coefficient (Wildman–Crippen LogP) is 4.64. The quantitative estimate of drug-likeness (QED) is 0.777. The maximum atomic E-state index is 12.1. The van der Waals surface area contributed by atoms with Crippen LogP contribution in [0.2, 0.25) is 5.02 Å². The number of hydrogen-bond acceptors (Lipinski definition) is 3. The van der Waals surface area contributed by atoms with Crippen molar-refractivity contribution in [3.8, 4) is 5.75 Å². The van der Waals surface area contributed by atoms with Gasteiger partial charge < -0.3 is 4.74 Å². The predicted molar refractivity (Wildman–Crippen MR) is 80.3 cm³/mol. The van der Waals surface area contributed by atoms with Crippen LogP contribution in [0.4, 0.5) is 13.2 Å². The lowest BCUT2D eigenvalue weighted by molar-refractivity contribution is -0.325. The van der Waals surface area contributed by atoms with Crippen molar-refractivity contribution in [1.82, 2.24) is 0 Å². The number of ketones is 1. The zero-order valence-corrected chi connectivity index (χ0v) is 13.2. The average molecular weight is 349 g/mol. The van der Waals surface area contributed by atoms with Gasteiger partial charge >= 0.3 is 6.36 Å². The topological polar surface area (TPSA) is 35.5 Å². The highest BCUT2D eigenvalue weighted by Crippen LogP contribution is 2.35. The van der Waals surface area contributed by atoms with Crippen LogP contribution in [-0.4, -0.2) is 25.9 Å². The van der Waals surface area contributed by atoms with Gasteiger partial charge in [-0.2, -0.15) is 0 Å². The van der Waals surface area contributed by atoms with Crippen LogP contribution in [0.5, 0.6) is 5.75 Å². The molecule has 0 saturated carbocycles. The molecule has 0 radical (unpaired) electrons. The number of methoxy groups -OCH3 is 1. The van der Waals surface area contributed by atoms with Crippen LogP contribution in [-0.2, 0) is 9.53 Å². The van der Waals surface area contributed by atoms with Gasteiger partial charge in [0.05, 0.1) is 18.7 Å². The third kappa shape index (κ3) is 4.97. The molecule has 0 bridgehead atoms. The zero-order chi connectivity index (χ0) is 17.0. The van der Waals surface area contributed by atoms with Crippen molar-refractivity contribution in [2.24, 2.45) is 5.92 Å². The summed E-state index contributed by atoms with van der Waals surface area (Å²) < 4.78 is 44.7. The van der Waals surface area contributed by atoms with E-state index in [4.69, 9.17) is 16.3 Å².